The van der Waals surface area contributed by atoms with Crippen LogP contribution in [0.2, 0.25) is 0 Å². The summed E-state index contributed by atoms with van der Waals surface area (Å²) < 4.78 is 38.7. The summed E-state index contributed by atoms with van der Waals surface area (Å²) in [6, 6.07) is 15.4. The first-order valence-corrected chi connectivity index (χ1v) is 16.6. The van der Waals surface area contributed by atoms with Crippen molar-refractivity contribution in [3.63, 3.8) is 0 Å². The van der Waals surface area contributed by atoms with E-state index in [9.17, 15) is 28.2 Å². The van der Waals surface area contributed by atoms with Crippen molar-refractivity contribution in [3.05, 3.63) is 78.1 Å². The van der Waals surface area contributed by atoms with E-state index in [1.165, 1.54) is 12.3 Å². The second kappa shape index (κ2) is 16.2. The van der Waals surface area contributed by atoms with Crippen LogP contribution in [0.4, 0.5) is 4.79 Å². The Kier molecular flexibility index (Phi) is 12.1. The van der Waals surface area contributed by atoms with Crippen LogP contribution in [0.1, 0.15) is 60.6 Å². The van der Waals surface area contributed by atoms with Crippen LogP contribution in [0.15, 0.2) is 67.0 Å². The van der Waals surface area contributed by atoms with Gasteiger partial charge in [0.2, 0.25) is 10.0 Å². The number of aliphatic hydroxyl groups excluding tert-OH is 2. The highest BCUT2D eigenvalue weighted by Gasteiger charge is 2.23. The van der Waals surface area contributed by atoms with E-state index in [-0.39, 0.29) is 55.9 Å². The molecule has 45 heavy (non-hydrogen) atoms. The molecular formula is C32H39N3O9S. The van der Waals surface area contributed by atoms with Crippen LogP contribution in [0, 0.1) is 0 Å². The Hall–Kier alpha value is -4.20. The molecule has 0 bridgehead atoms. The quantitative estimate of drug-likeness (QED) is 0.190. The number of carboxylic acid groups (broad SMARTS) is 1. The van der Waals surface area contributed by atoms with E-state index in [1.807, 2.05) is 12.1 Å². The number of benzene rings is 2. The Morgan fingerprint density at radius 3 is 2.44 bits per heavy atom. The maximum atomic E-state index is 13.0. The van der Waals surface area contributed by atoms with Crippen LogP contribution >= 0.6 is 0 Å². The van der Waals surface area contributed by atoms with Gasteiger partial charge in [-0.1, -0.05) is 30.7 Å². The normalized spacial score (nSPS) is 14.4. The molecule has 13 heteroatoms. The van der Waals surface area contributed by atoms with Crippen LogP contribution in [-0.4, -0.2) is 83.8 Å². The summed E-state index contributed by atoms with van der Waals surface area (Å²) in [5, 5.41) is 28.9. The third-order valence-electron chi connectivity index (χ3n) is 7.44. The average Bonchev–Trinajstić information content (AvgIpc) is 3.04. The lowest BCUT2D eigenvalue weighted by Crippen LogP contribution is -2.36. The number of amides is 2. The number of nitrogens with zero attached hydrogens (tertiary/aromatic N) is 2. The molecule has 2 aromatic carbocycles. The van der Waals surface area contributed by atoms with E-state index in [1.54, 1.807) is 42.6 Å². The maximum absolute atomic E-state index is 13.0. The van der Waals surface area contributed by atoms with Crippen molar-refractivity contribution in [2.75, 3.05) is 32.1 Å². The van der Waals surface area contributed by atoms with Gasteiger partial charge in [0, 0.05) is 24.6 Å². The SMILES string of the molecule is O=C(NS(=O)(=O)CCCO)c1ccc(-c2ccc(OCCN(C[C@H](O)c3cccnc3)C(=O)O)cc2)cc1OC1CCCCC1. The van der Waals surface area contributed by atoms with E-state index < -0.39 is 28.1 Å². The van der Waals surface area contributed by atoms with Gasteiger partial charge in [-0.2, -0.15) is 0 Å². The van der Waals surface area contributed by atoms with E-state index in [2.05, 4.69) is 9.71 Å². The highest BCUT2D eigenvalue weighted by Crippen LogP contribution is 2.32. The van der Waals surface area contributed by atoms with E-state index in [4.69, 9.17) is 14.6 Å². The Balaban J connectivity index is 1.42. The molecule has 242 valence electrons. The number of aliphatic hydroxyl groups is 2. The molecule has 0 aliphatic heterocycles. The van der Waals surface area contributed by atoms with Crippen molar-refractivity contribution < 1.29 is 42.8 Å². The van der Waals surface area contributed by atoms with Crippen molar-refractivity contribution in [1.29, 1.82) is 0 Å². The van der Waals surface area contributed by atoms with Gasteiger partial charge in [0.15, 0.2) is 0 Å². The number of nitrogens with one attached hydrogen (secondary N) is 1. The first kappa shape index (κ1) is 33.7. The van der Waals surface area contributed by atoms with E-state index >= 15 is 0 Å². The monoisotopic (exact) mass is 641 g/mol. The van der Waals surface area contributed by atoms with Crippen LogP contribution in [0.5, 0.6) is 11.5 Å². The Bertz CT molecular complexity index is 1510. The summed E-state index contributed by atoms with van der Waals surface area (Å²) in [5.41, 5.74) is 2.16. The number of rotatable bonds is 15. The zero-order valence-electron chi connectivity index (χ0n) is 24.9. The molecule has 2 amide bonds. The van der Waals surface area contributed by atoms with Crippen LogP contribution in [0.3, 0.4) is 0 Å². The predicted octanol–water partition coefficient (Wildman–Crippen LogP) is 3.99. The molecule has 3 aromatic rings. The number of carbonyl (C=O) groups is 2. The lowest BCUT2D eigenvalue weighted by atomic mass is 9.97. The highest BCUT2D eigenvalue weighted by atomic mass is 32.2. The molecule has 0 spiro atoms. The molecule has 1 saturated carbocycles. The zero-order chi connectivity index (χ0) is 32.2. The van der Waals surface area contributed by atoms with Crippen molar-refractivity contribution in [2.45, 2.75) is 50.7 Å². The fraction of sp³-hybridized carbons (Fsp3) is 0.406. The fourth-order valence-corrected chi connectivity index (χ4v) is 6.02. The average molecular weight is 642 g/mol. The van der Waals surface area contributed by atoms with Crippen LogP contribution in [0.25, 0.3) is 11.1 Å². The van der Waals surface area contributed by atoms with Gasteiger partial charge in [-0.3, -0.25) is 9.78 Å². The molecule has 0 unspecified atom stereocenters. The van der Waals surface area contributed by atoms with Crippen LogP contribution in [-0.2, 0) is 10.0 Å². The van der Waals surface area contributed by atoms with Crippen LogP contribution < -0.4 is 14.2 Å². The molecule has 0 saturated heterocycles. The molecule has 12 nitrogen and oxygen atoms in total. The lowest BCUT2D eigenvalue weighted by molar-refractivity contribution is 0.0892. The van der Waals surface area contributed by atoms with Crippen molar-refractivity contribution in [2.24, 2.45) is 0 Å². The summed E-state index contributed by atoms with van der Waals surface area (Å²) in [6.07, 6.45) is 5.61. The summed E-state index contributed by atoms with van der Waals surface area (Å²) >= 11 is 0. The highest BCUT2D eigenvalue weighted by molar-refractivity contribution is 7.90. The summed E-state index contributed by atoms with van der Waals surface area (Å²) in [4.78, 5) is 29.7. The topological polar surface area (TPSA) is 176 Å². The minimum atomic E-state index is -3.92. The lowest BCUT2D eigenvalue weighted by Gasteiger charge is -2.24. The van der Waals surface area contributed by atoms with Gasteiger partial charge < -0.3 is 29.7 Å². The van der Waals surface area contributed by atoms with Gasteiger partial charge >= 0.3 is 6.09 Å². The predicted molar refractivity (Wildman–Crippen MR) is 167 cm³/mol. The molecule has 1 atom stereocenters. The number of hydrogen-bond acceptors (Lipinski definition) is 9. The van der Waals surface area contributed by atoms with E-state index in [0.29, 0.717) is 11.3 Å². The van der Waals surface area contributed by atoms with Crippen molar-refractivity contribution in [3.8, 4) is 22.6 Å². The second-order valence-corrected chi connectivity index (χ2v) is 12.7. The van der Waals surface area contributed by atoms with Gasteiger partial charge in [0.05, 0.1) is 36.6 Å². The molecule has 4 N–H and O–H groups in total. The molecule has 1 heterocycles. The minimum Gasteiger partial charge on any atom is -0.492 e. The summed E-state index contributed by atoms with van der Waals surface area (Å²) in [5.74, 6) is -0.365. The van der Waals surface area contributed by atoms with Gasteiger partial charge in [0.25, 0.3) is 5.91 Å². The number of pyridine rings is 1. The Morgan fingerprint density at radius 1 is 1.04 bits per heavy atom. The minimum absolute atomic E-state index is 0.0137. The molecule has 1 fully saturated rings. The van der Waals surface area contributed by atoms with Gasteiger partial charge in [-0.25, -0.2) is 17.9 Å². The molecule has 1 aliphatic rings. The fourth-order valence-electron chi connectivity index (χ4n) is 5.02. The number of ether oxygens (including phenoxy) is 2. The number of carbonyl (C=O) groups excluding carboxylic acids is 1. The van der Waals surface area contributed by atoms with Gasteiger partial charge in [-0.15, -0.1) is 0 Å². The summed E-state index contributed by atoms with van der Waals surface area (Å²) in [7, 11) is -3.92. The number of sulfonamides is 1. The van der Waals surface area contributed by atoms with Crippen molar-refractivity contribution in [1.82, 2.24) is 14.6 Å². The summed E-state index contributed by atoms with van der Waals surface area (Å²) in [6.45, 7) is -0.329. The molecule has 1 aliphatic carbocycles. The number of aromatic nitrogens is 1. The largest absolute Gasteiger partial charge is 0.492 e. The molecule has 0 radical (unpaired) electrons. The Labute approximate surface area is 262 Å². The number of hydrogen-bond donors (Lipinski definition) is 4. The van der Waals surface area contributed by atoms with Gasteiger partial charge in [-0.05, 0) is 73.6 Å². The molecular weight excluding hydrogens is 602 g/mol. The second-order valence-electron chi connectivity index (χ2n) is 10.8. The van der Waals surface area contributed by atoms with Gasteiger partial charge in [0.1, 0.15) is 18.1 Å². The van der Waals surface area contributed by atoms with Crippen molar-refractivity contribution >= 4 is 22.0 Å². The third-order valence-corrected chi connectivity index (χ3v) is 8.76. The first-order valence-electron chi connectivity index (χ1n) is 14.9. The smallest absolute Gasteiger partial charge is 0.407 e. The van der Waals surface area contributed by atoms with E-state index in [0.717, 1.165) is 48.1 Å². The zero-order valence-corrected chi connectivity index (χ0v) is 25.7. The standard InChI is InChI=1S/C32H39N3O9S/c36-17-5-19-45(41,42)34-31(38)28-14-11-24(20-30(28)44-27-7-2-1-3-8-27)23-9-12-26(13-10-23)43-18-16-35(32(39)40)22-29(37)25-6-4-15-33-21-25/h4,6,9-15,20-21,27,29,36-37H,1-3,5,7-8,16-19,22H2,(H,34,38)(H,39,40)/t29-/m0/s1. The molecule has 1 aromatic heterocycles. The maximum Gasteiger partial charge on any atom is 0.407 e. The molecule has 4 rings (SSSR count). The Morgan fingerprint density at radius 2 is 1.78 bits per heavy atom. The first-order chi connectivity index (χ1) is 21.6. The third kappa shape index (κ3) is 10.2.